The van der Waals surface area contributed by atoms with E-state index in [1.807, 2.05) is 6.07 Å². The SMILES string of the molecule is CNC(=O)c1c(-c2ccc(C#N)cc2)oc2cc(NS)c(Br)cc12. The van der Waals surface area contributed by atoms with Crippen molar-refractivity contribution in [1.29, 1.82) is 5.26 Å². The van der Waals surface area contributed by atoms with Crippen molar-refractivity contribution >= 4 is 51.3 Å². The van der Waals surface area contributed by atoms with Gasteiger partial charge in [-0.3, -0.25) is 4.79 Å². The van der Waals surface area contributed by atoms with Gasteiger partial charge >= 0.3 is 0 Å². The summed E-state index contributed by atoms with van der Waals surface area (Å²) < 4.78 is 9.47. The van der Waals surface area contributed by atoms with E-state index in [2.05, 4.69) is 44.9 Å². The maximum Gasteiger partial charge on any atom is 0.255 e. The molecule has 0 aliphatic heterocycles. The van der Waals surface area contributed by atoms with Gasteiger partial charge in [-0.05, 0) is 46.3 Å². The molecule has 3 rings (SSSR count). The van der Waals surface area contributed by atoms with Gasteiger partial charge in [0.15, 0.2) is 0 Å². The molecule has 1 heterocycles. The van der Waals surface area contributed by atoms with Gasteiger partial charge < -0.3 is 14.5 Å². The van der Waals surface area contributed by atoms with Gasteiger partial charge in [-0.2, -0.15) is 5.26 Å². The summed E-state index contributed by atoms with van der Waals surface area (Å²) in [6.07, 6.45) is 0. The minimum absolute atomic E-state index is 0.244. The van der Waals surface area contributed by atoms with Gasteiger partial charge in [-0.25, -0.2) is 0 Å². The molecule has 0 atom stereocenters. The number of hydrogen-bond acceptors (Lipinski definition) is 5. The van der Waals surface area contributed by atoms with Crippen LogP contribution in [0.5, 0.6) is 0 Å². The lowest BCUT2D eigenvalue weighted by molar-refractivity contribution is 0.0964. The maximum atomic E-state index is 12.4. The standard InChI is InChI=1S/C17H12BrN3O2S/c1-20-17(22)15-11-6-12(18)13(21-24)7-14(11)23-16(15)10-4-2-9(8-19)3-5-10/h2-7,21,24H,1H3,(H,20,22). The normalized spacial score (nSPS) is 10.4. The molecule has 0 bridgehead atoms. The minimum atomic E-state index is -0.244. The predicted molar refractivity (Wildman–Crippen MR) is 100 cm³/mol. The highest BCUT2D eigenvalue weighted by atomic mass is 79.9. The van der Waals surface area contributed by atoms with Gasteiger partial charge in [0.25, 0.3) is 5.91 Å². The number of nitrogens with one attached hydrogen (secondary N) is 2. The van der Waals surface area contributed by atoms with Gasteiger partial charge in [-0.15, -0.1) is 0 Å². The van der Waals surface area contributed by atoms with Crippen LogP contribution in [0, 0.1) is 11.3 Å². The lowest BCUT2D eigenvalue weighted by atomic mass is 10.0. The zero-order valence-corrected chi connectivity index (χ0v) is 15.0. The molecule has 2 N–H and O–H groups in total. The molecule has 0 spiro atoms. The Bertz CT molecular complexity index is 974. The molecule has 0 radical (unpaired) electrons. The molecular formula is C17H12BrN3O2S. The number of anilines is 1. The van der Waals surface area contributed by atoms with Crippen LogP contribution in [0.1, 0.15) is 15.9 Å². The first-order valence-electron chi connectivity index (χ1n) is 6.97. The van der Waals surface area contributed by atoms with Crippen molar-refractivity contribution in [3.8, 4) is 17.4 Å². The molecule has 0 saturated heterocycles. The van der Waals surface area contributed by atoms with Crippen LogP contribution in [0.25, 0.3) is 22.3 Å². The molecule has 7 heteroatoms. The molecule has 0 aliphatic carbocycles. The van der Waals surface area contributed by atoms with Gasteiger partial charge in [0, 0.05) is 28.5 Å². The Morgan fingerprint density at radius 2 is 2.00 bits per heavy atom. The van der Waals surface area contributed by atoms with Crippen LogP contribution in [0.4, 0.5) is 5.69 Å². The predicted octanol–water partition coefficient (Wildman–Crippen LogP) is 4.35. The molecular weight excluding hydrogens is 390 g/mol. The third kappa shape index (κ3) is 2.75. The summed E-state index contributed by atoms with van der Waals surface area (Å²) in [6, 6.07) is 12.5. The number of nitrogens with zero attached hydrogens (tertiary/aromatic N) is 1. The van der Waals surface area contributed by atoms with Crippen LogP contribution < -0.4 is 10.0 Å². The number of rotatable bonds is 3. The van der Waals surface area contributed by atoms with Crippen LogP contribution in [-0.2, 0) is 0 Å². The number of benzene rings is 2. The van der Waals surface area contributed by atoms with Crippen molar-refractivity contribution in [3.05, 3.63) is 52.0 Å². The summed E-state index contributed by atoms with van der Waals surface area (Å²) in [6.45, 7) is 0. The third-order valence-electron chi connectivity index (χ3n) is 3.63. The summed E-state index contributed by atoms with van der Waals surface area (Å²) >= 11 is 7.50. The molecule has 0 aliphatic rings. The quantitative estimate of drug-likeness (QED) is 0.570. The van der Waals surface area contributed by atoms with Gasteiger partial charge in [0.1, 0.15) is 11.3 Å². The molecule has 24 heavy (non-hydrogen) atoms. The van der Waals surface area contributed by atoms with E-state index in [0.29, 0.717) is 27.9 Å². The zero-order valence-electron chi connectivity index (χ0n) is 12.6. The third-order valence-corrected chi connectivity index (χ3v) is 4.53. The van der Waals surface area contributed by atoms with Crippen LogP contribution in [0.3, 0.4) is 0 Å². The zero-order chi connectivity index (χ0) is 17.3. The van der Waals surface area contributed by atoms with E-state index in [1.54, 1.807) is 37.4 Å². The van der Waals surface area contributed by atoms with Crippen molar-refractivity contribution in [2.45, 2.75) is 0 Å². The van der Waals surface area contributed by atoms with Crippen LogP contribution in [0.2, 0.25) is 0 Å². The fraction of sp³-hybridized carbons (Fsp3) is 0.0588. The van der Waals surface area contributed by atoms with E-state index in [-0.39, 0.29) is 5.91 Å². The summed E-state index contributed by atoms with van der Waals surface area (Å²) in [5, 5.41) is 12.3. The Balaban J connectivity index is 2.29. The number of amides is 1. The molecule has 2 aromatic carbocycles. The molecule has 0 saturated carbocycles. The fourth-order valence-corrected chi connectivity index (χ4v) is 3.23. The van der Waals surface area contributed by atoms with Crippen molar-refractivity contribution in [2.75, 3.05) is 11.8 Å². The molecule has 1 amide bonds. The van der Waals surface area contributed by atoms with E-state index in [9.17, 15) is 4.79 Å². The average Bonchev–Trinajstić information content (AvgIpc) is 2.98. The lowest BCUT2D eigenvalue weighted by Gasteiger charge is -2.03. The topological polar surface area (TPSA) is 78.1 Å². The van der Waals surface area contributed by atoms with Gasteiger partial charge in [0.2, 0.25) is 0 Å². The van der Waals surface area contributed by atoms with Crippen molar-refractivity contribution in [2.24, 2.45) is 0 Å². The van der Waals surface area contributed by atoms with E-state index in [0.717, 1.165) is 15.7 Å². The highest BCUT2D eigenvalue weighted by Gasteiger charge is 2.22. The summed E-state index contributed by atoms with van der Waals surface area (Å²) in [7, 11) is 1.57. The molecule has 0 fully saturated rings. The molecule has 3 aromatic rings. The Morgan fingerprint density at radius 3 is 2.58 bits per heavy atom. The Hall–Kier alpha value is -2.43. The van der Waals surface area contributed by atoms with Crippen LogP contribution >= 0.6 is 28.7 Å². The second kappa shape index (κ2) is 6.59. The number of carbonyl (C=O) groups is 1. The molecule has 5 nitrogen and oxygen atoms in total. The summed E-state index contributed by atoms with van der Waals surface area (Å²) in [5.41, 5.74) is 3.01. The largest absolute Gasteiger partial charge is 0.455 e. The number of nitriles is 1. The van der Waals surface area contributed by atoms with Gasteiger partial charge in [0.05, 0.1) is 22.9 Å². The number of fused-ring (bicyclic) bond motifs is 1. The van der Waals surface area contributed by atoms with Crippen molar-refractivity contribution in [1.82, 2.24) is 5.32 Å². The number of furan rings is 1. The van der Waals surface area contributed by atoms with E-state index >= 15 is 0 Å². The van der Waals surface area contributed by atoms with E-state index in [4.69, 9.17) is 9.68 Å². The first-order chi connectivity index (χ1) is 11.6. The highest BCUT2D eigenvalue weighted by Crippen LogP contribution is 2.38. The maximum absolute atomic E-state index is 12.4. The van der Waals surface area contributed by atoms with Crippen molar-refractivity contribution in [3.63, 3.8) is 0 Å². The smallest absolute Gasteiger partial charge is 0.255 e. The Morgan fingerprint density at radius 1 is 1.29 bits per heavy atom. The molecule has 0 unspecified atom stereocenters. The Kier molecular flexibility index (Phi) is 4.51. The summed E-state index contributed by atoms with van der Waals surface area (Å²) in [4.78, 5) is 12.4. The van der Waals surface area contributed by atoms with Crippen LogP contribution in [-0.4, -0.2) is 13.0 Å². The minimum Gasteiger partial charge on any atom is -0.455 e. The number of halogens is 1. The Labute approximate surface area is 152 Å². The molecule has 1 aromatic heterocycles. The lowest BCUT2D eigenvalue weighted by Crippen LogP contribution is -2.18. The number of hydrogen-bond donors (Lipinski definition) is 3. The monoisotopic (exact) mass is 401 g/mol. The fourth-order valence-electron chi connectivity index (χ4n) is 2.45. The second-order valence-corrected chi connectivity index (χ2v) is 6.09. The second-order valence-electron chi connectivity index (χ2n) is 5.01. The van der Waals surface area contributed by atoms with E-state index < -0.39 is 0 Å². The van der Waals surface area contributed by atoms with E-state index in [1.165, 1.54) is 0 Å². The number of carbonyl (C=O) groups excluding carboxylic acids is 1. The highest BCUT2D eigenvalue weighted by molar-refractivity contribution is 9.10. The average molecular weight is 402 g/mol. The first-order valence-corrected chi connectivity index (χ1v) is 8.21. The molecule has 120 valence electrons. The number of thiol groups is 1. The van der Waals surface area contributed by atoms with Gasteiger partial charge in [-0.1, -0.05) is 12.8 Å². The van der Waals surface area contributed by atoms with Crippen LogP contribution in [0.15, 0.2) is 45.3 Å². The first kappa shape index (κ1) is 16.4. The summed E-state index contributed by atoms with van der Waals surface area (Å²) in [5.74, 6) is 0.212. The van der Waals surface area contributed by atoms with Crippen molar-refractivity contribution < 1.29 is 9.21 Å².